The van der Waals surface area contributed by atoms with E-state index in [4.69, 9.17) is 0 Å². The van der Waals surface area contributed by atoms with Gasteiger partial charge in [0.15, 0.2) is 0 Å². The van der Waals surface area contributed by atoms with Crippen LogP contribution in [0.1, 0.15) is 200 Å². The molecule has 6 aliphatic carbocycles. The highest BCUT2D eigenvalue weighted by Crippen LogP contribution is 3.00. The van der Waals surface area contributed by atoms with E-state index >= 15 is 0 Å². The third-order valence-electron chi connectivity index (χ3n) is 14.5. The van der Waals surface area contributed by atoms with Gasteiger partial charge in [0.05, 0.1) is 48.5 Å². The van der Waals surface area contributed by atoms with Crippen LogP contribution in [0.2, 0.25) is 0 Å². The molecule has 6 rings (SSSR count). The van der Waals surface area contributed by atoms with E-state index in [2.05, 4.69) is 6.92 Å². The molecule has 0 unspecified atom stereocenters. The van der Waals surface area contributed by atoms with Crippen molar-refractivity contribution in [3.63, 3.8) is 0 Å². The van der Waals surface area contributed by atoms with Gasteiger partial charge in [-0.3, -0.25) is 0 Å². The van der Waals surface area contributed by atoms with Gasteiger partial charge in [-0.1, -0.05) is 38.5 Å². The Kier molecular flexibility index (Phi) is 11.5. The van der Waals surface area contributed by atoms with Gasteiger partial charge in [-0.05, 0) is 166 Å². The molecule has 0 bridgehead atoms. The summed E-state index contributed by atoms with van der Waals surface area (Å²) < 4.78 is 0.165. The lowest BCUT2D eigenvalue weighted by Gasteiger charge is -2.62. The van der Waals surface area contributed by atoms with Crippen molar-refractivity contribution >= 4 is 26.1 Å². The summed E-state index contributed by atoms with van der Waals surface area (Å²) in [5.74, 6) is 0. The third kappa shape index (κ3) is 5.93. The van der Waals surface area contributed by atoms with Gasteiger partial charge in [-0.2, -0.15) is 0 Å². The molecule has 6 fully saturated rings. The number of halogens is 1. The summed E-state index contributed by atoms with van der Waals surface area (Å²) in [6.45, 7) is 2.94. The van der Waals surface area contributed by atoms with Gasteiger partial charge in [0, 0.05) is 6.92 Å². The van der Waals surface area contributed by atoms with Crippen LogP contribution in [-0.4, -0.2) is 38.3 Å². The summed E-state index contributed by atoms with van der Waals surface area (Å²) in [4.78, 5) is 0. The molecular weight excluding hydrogens is 554 g/mol. The minimum atomic E-state index is -1.43. The van der Waals surface area contributed by atoms with Crippen LogP contribution < -0.4 is 0 Å². The van der Waals surface area contributed by atoms with Crippen molar-refractivity contribution in [2.24, 2.45) is 0 Å². The molecule has 41 heavy (non-hydrogen) atoms. The average molecular weight is 623 g/mol. The van der Waals surface area contributed by atoms with E-state index in [0.717, 1.165) is 34.0 Å². The van der Waals surface area contributed by atoms with Crippen molar-refractivity contribution in [3.8, 4) is 0 Å². The Morgan fingerprint density at radius 3 is 0.610 bits per heavy atom. The SMILES string of the molecule is CC(Cl)([P+](C1CCCCC1)(C1CCCCC1)C1CCCCC1)[P+](C1CCCCC1)(C1CCCCC1)C1CCCCC1. The molecule has 236 valence electrons. The molecule has 0 N–H and O–H groups in total. The van der Waals surface area contributed by atoms with Crippen LogP contribution in [0.5, 0.6) is 0 Å². The molecular formula is C38H69ClP2+2. The molecule has 0 aromatic heterocycles. The van der Waals surface area contributed by atoms with Gasteiger partial charge in [0.2, 0.25) is 4.36 Å². The number of alkyl halides is 1. The molecule has 0 aliphatic heterocycles. The third-order valence-corrected chi connectivity index (χ3v) is 31.5. The van der Waals surface area contributed by atoms with E-state index in [1.54, 1.807) is 77.0 Å². The number of hydrogen-bond acceptors (Lipinski definition) is 0. The lowest BCUT2D eigenvalue weighted by molar-refractivity contribution is 0.436. The quantitative estimate of drug-likeness (QED) is 0.186. The number of rotatable bonds is 8. The maximum atomic E-state index is 9.28. The van der Waals surface area contributed by atoms with Gasteiger partial charge in [0.1, 0.15) is 0 Å². The van der Waals surface area contributed by atoms with Gasteiger partial charge in [0.25, 0.3) is 0 Å². The van der Waals surface area contributed by atoms with E-state index < -0.39 is 14.5 Å². The second kappa shape index (κ2) is 14.7. The molecule has 0 saturated heterocycles. The Hall–Kier alpha value is 1.15. The Bertz CT molecular complexity index is 617. The molecule has 0 nitrogen and oxygen atoms in total. The minimum Gasteiger partial charge on any atom is -0.0530 e. The fourth-order valence-corrected chi connectivity index (χ4v) is 35.9. The standard InChI is InChI=1S/C38H69ClP2/c1-38(39,40(32-20-8-2-9-21-32,33-22-10-3-11-23-33)34-24-12-4-13-25-34)41(35-26-14-5-15-27-35,36-28-16-6-17-29-36)37-30-18-7-19-31-37/h32-37H,2-31H2,1H3/q+2. The van der Waals surface area contributed by atoms with Crippen molar-refractivity contribution in [3.05, 3.63) is 0 Å². The zero-order chi connectivity index (χ0) is 28.2. The summed E-state index contributed by atoms with van der Waals surface area (Å²) in [7, 11) is -2.86. The lowest BCUT2D eigenvalue weighted by Crippen LogP contribution is -2.52. The van der Waals surface area contributed by atoms with Gasteiger partial charge >= 0.3 is 0 Å². The van der Waals surface area contributed by atoms with Crippen LogP contribution in [-0.2, 0) is 0 Å². The molecule has 0 heterocycles. The topological polar surface area (TPSA) is 0 Å². The molecule has 0 spiro atoms. The molecule has 6 saturated carbocycles. The van der Waals surface area contributed by atoms with Crippen molar-refractivity contribution in [1.82, 2.24) is 0 Å². The number of hydrogen-bond donors (Lipinski definition) is 0. The predicted octanol–water partition coefficient (Wildman–Crippen LogP) is 13.9. The molecule has 0 radical (unpaired) electrons. The summed E-state index contributed by atoms with van der Waals surface area (Å²) in [6, 6.07) is 0. The molecule has 0 amide bonds. The summed E-state index contributed by atoms with van der Waals surface area (Å²) in [5.41, 5.74) is 6.17. The van der Waals surface area contributed by atoms with Crippen molar-refractivity contribution in [2.75, 3.05) is 0 Å². The first-order valence-electron chi connectivity index (χ1n) is 19.6. The van der Waals surface area contributed by atoms with E-state index in [1.165, 1.54) is 116 Å². The predicted molar refractivity (Wildman–Crippen MR) is 189 cm³/mol. The van der Waals surface area contributed by atoms with E-state index in [1.807, 2.05) is 0 Å². The fraction of sp³-hybridized carbons (Fsp3) is 1.00. The highest BCUT2D eigenvalue weighted by Gasteiger charge is 2.81. The molecule has 0 aromatic carbocycles. The molecule has 0 atom stereocenters. The minimum absolute atomic E-state index is 0.165. The zero-order valence-corrected chi connectivity index (χ0v) is 30.0. The van der Waals surface area contributed by atoms with E-state index in [0.29, 0.717) is 0 Å². The van der Waals surface area contributed by atoms with Crippen molar-refractivity contribution in [2.45, 2.75) is 238 Å². The zero-order valence-electron chi connectivity index (χ0n) is 27.4. The monoisotopic (exact) mass is 622 g/mol. The summed E-state index contributed by atoms with van der Waals surface area (Å²) in [6.07, 6.45) is 46.3. The summed E-state index contributed by atoms with van der Waals surface area (Å²) in [5, 5.41) is 0. The second-order valence-corrected chi connectivity index (χ2v) is 27.5. The van der Waals surface area contributed by atoms with Gasteiger partial charge in [-0.25, -0.2) is 0 Å². The normalized spacial score (nSPS) is 29.1. The first-order chi connectivity index (χ1) is 20.1. The van der Waals surface area contributed by atoms with Crippen LogP contribution in [0.3, 0.4) is 0 Å². The Morgan fingerprint density at radius 2 is 0.463 bits per heavy atom. The van der Waals surface area contributed by atoms with Crippen LogP contribution in [0.4, 0.5) is 0 Å². The van der Waals surface area contributed by atoms with Gasteiger partial charge < -0.3 is 0 Å². The maximum absolute atomic E-state index is 9.28. The first-order valence-corrected chi connectivity index (χ1v) is 24.0. The Balaban J connectivity index is 1.58. The van der Waals surface area contributed by atoms with Crippen molar-refractivity contribution in [1.29, 1.82) is 0 Å². The Morgan fingerprint density at radius 1 is 0.317 bits per heavy atom. The van der Waals surface area contributed by atoms with Gasteiger partial charge in [-0.15, -0.1) is 0 Å². The Labute approximate surface area is 263 Å². The second-order valence-electron chi connectivity index (χ2n) is 16.3. The average Bonchev–Trinajstić information content (AvgIpc) is 3.05. The summed E-state index contributed by atoms with van der Waals surface area (Å²) >= 11 is 9.28. The highest BCUT2D eigenvalue weighted by atomic mass is 35.5. The van der Waals surface area contributed by atoms with Crippen LogP contribution in [0.25, 0.3) is 0 Å². The van der Waals surface area contributed by atoms with Crippen LogP contribution >= 0.6 is 26.1 Å². The molecule has 6 aliphatic rings. The largest absolute Gasteiger partial charge is 0.247 e. The van der Waals surface area contributed by atoms with Crippen LogP contribution in [0, 0.1) is 0 Å². The highest BCUT2D eigenvalue weighted by molar-refractivity contribution is 7.98. The maximum Gasteiger partial charge on any atom is 0.247 e. The molecule has 3 heteroatoms. The van der Waals surface area contributed by atoms with E-state index in [-0.39, 0.29) is 4.36 Å². The molecule has 0 aromatic rings. The smallest absolute Gasteiger partial charge is 0.0530 e. The van der Waals surface area contributed by atoms with Crippen molar-refractivity contribution < 1.29 is 0 Å². The van der Waals surface area contributed by atoms with E-state index in [9.17, 15) is 11.6 Å². The fourth-order valence-electron chi connectivity index (χ4n) is 13.1. The lowest BCUT2D eigenvalue weighted by atomic mass is 9.98. The van der Waals surface area contributed by atoms with Crippen LogP contribution in [0.15, 0.2) is 0 Å². The first kappa shape index (κ1) is 32.1.